The number of aliphatic hydroxyl groups is 2. The molecule has 3 aromatic carbocycles. The second kappa shape index (κ2) is 14.9. The predicted octanol–water partition coefficient (Wildman–Crippen LogP) is 3.14. The number of rotatable bonds is 11. The summed E-state index contributed by atoms with van der Waals surface area (Å²) in [6.07, 6.45) is -4.06. The normalized spacial score (nSPS) is 12.8. The summed E-state index contributed by atoms with van der Waals surface area (Å²) in [7, 11) is 4.01. The number of benzene rings is 3. The van der Waals surface area contributed by atoms with Gasteiger partial charge in [0.15, 0.2) is 18.1 Å². The Balaban J connectivity index is 0.000000456. The van der Waals surface area contributed by atoms with Gasteiger partial charge in [0.25, 0.3) is 0 Å². The van der Waals surface area contributed by atoms with Crippen molar-refractivity contribution in [2.45, 2.75) is 31.6 Å². The van der Waals surface area contributed by atoms with Crippen LogP contribution in [0.2, 0.25) is 0 Å². The van der Waals surface area contributed by atoms with E-state index in [-0.39, 0.29) is 12.3 Å². The van der Waals surface area contributed by atoms with Crippen LogP contribution in [0.5, 0.6) is 5.88 Å². The van der Waals surface area contributed by atoms with E-state index in [1.165, 1.54) is 12.1 Å². The van der Waals surface area contributed by atoms with Gasteiger partial charge >= 0.3 is 17.9 Å². The number of aliphatic carboxylic acids is 3. The number of nitrogens with one attached hydrogen (secondary N) is 1. The number of aryl methyl sites for hydroxylation is 1. The predicted molar refractivity (Wildman–Crippen MR) is 159 cm³/mol. The number of aromatic amines is 1. The Morgan fingerprint density at radius 3 is 1.95 bits per heavy atom. The lowest BCUT2D eigenvalue weighted by atomic mass is 9.98. The van der Waals surface area contributed by atoms with Crippen LogP contribution in [0.4, 0.5) is 10.1 Å². The van der Waals surface area contributed by atoms with Gasteiger partial charge in [-0.05, 0) is 62.0 Å². The number of carboxylic acid groups (broad SMARTS) is 3. The summed E-state index contributed by atoms with van der Waals surface area (Å²) in [6, 6.07) is 19.6. The van der Waals surface area contributed by atoms with Crippen molar-refractivity contribution in [1.82, 2.24) is 9.88 Å². The molecule has 0 spiro atoms. The second-order valence-corrected chi connectivity index (χ2v) is 10.1. The van der Waals surface area contributed by atoms with Gasteiger partial charge in [0.1, 0.15) is 5.82 Å². The molecule has 0 aliphatic rings. The van der Waals surface area contributed by atoms with Gasteiger partial charge in [-0.15, -0.1) is 0 Å². The largest absolute Gasteiger partial charge is 0.494 e. The number of fused-ring (bicyclic) bond motifs is 1. The average molecular weight is 610 g/mol. The third kappa shape index (κ3) is 8.94. The van der Waals surface area contributed by atoms with Gasteiger partial charge in [-0.2, -0.15) is 0 Å². The van der Waals surface area contributed by atoms with Crippen LogP contribution in [-0.2, 0) is 27.3 Å². The van der Waals surface area contributed by atoms with Crippen molar-refractivity contribution in [3.8, 4) is 5.88 Å². The minimum atomic E-state index is -2.27. The molecule has 1 aromatic heterocycles. The van der Waals surface area contributed by atoms with Crippen molar-refractivity contribution in [2.75, 3.05) is 14.1 Å². The zero-order chi connectivity index (χ0) is 32.6. The molecule has 0 fully saturated rings. The monoisotopic (exact) mass is 609 g/mol. The first kappa shape index (κ1) is 33.4. The van der Waals surface area contributed by atoms with Gasteiger partial charge in [-0.3, -0.25) is 4.79 Å². The molecule has 0 amide bonds. The Morgan fingerprint density at radius 2 is 1.43 bits per heavy atom. The van der Waals surface area contributed by atoms with Gasteiger partial charge in [-0.1, -0.05) is 36.4 Å². The Labute approximate surface area is 251 Å². The zero-order valence-corrected chi connectivity index (χ0v) is 23.8. The average Bonchev–Trinajstić information content (AvgIpc) is 3.29. The lowest BCUT2D eigenvalue weighted by molar-refractivity contribution is -0.165. The van der Waals surface area contributed by atoms with E-state index in [1.54, 1.807) is 6.07 Å². The summed E-state index contributed by atoms with van der Waals surface area (Å²) >= 11 is 0. The summed E-state index contributed by atoms with van der Waals surface area (Å²) in [5, 5.41) is 52.9. The minimum absolute atomic E-state index is 0.0500. The lowest BCUT2D eigenvalue weighted by Gasteiger charge is -2.11. The van der Waals surface area contributed by atoms with Crippen LogP contribution in [0, 0.1) is 5.82 Å². The van der Waals surface area contributed by atoms with Gasteiger partial charge in [-0.25, -0.2) is 19.0 Å². The maximum Gasteiger partial charge on any atom is 0.335 e. The molecule has 12 nitrogen and oxygen atoms in total. The first-order valence-corrected chi connectivity index (χ1v) is 13.2. The number of carbonyl (C=O) groups is 3. The van der Waals surface area contributed by atoms with Crippen molar-refractivity contribution in [1.29, 1.82) is 0 Å². The fourth-order valence-corrected chi connectivity index (χ4v) is 4.18. The van der Waals surface area contributed by atoms with Gasteiger partial charge in [0.05, 0.1) is 22.5 Å². The van der Waals surface area contributed by atoms with Crippen LogP contribution in [0.3, 0.4) is 0 Å². The van der Waals surface area contributed by atoms with Crippen molar-refractivity contribution in [2.24, 2.45) is 4.99 Å². The quantitative estimate of drug-likeness (QED) is 0.124. The zero-order valence-electron chi connectivity index (χ0n) is 23.8. The Hall–Kier alpha value is -5.11. The highest BCUT2D eigenvalue weighted by Gasteiger charge is 2.29. The smallest absolute Gasteiger partial charge is 0.335 e. The van der Waals surface area contributed by atoms with E-state index in [2.05, 4.69) is 9.88 Å². The van der Waals surface area contributed by atoms with Gasteiger partial charge < -0.3 is 40.5 Å². The second-order valence-electron chi connectivity index (χ2n) is 10.1. The van der Waals surface area contributed by atoms with Crippen molar-refractivity contribution < 1.29 is 49.4 Å². The van der Waals surface area contributed by atoms with E-state index >= 15 is 0 Å². The number of aromatic nitrogens is 1. The molecule has 0 saturated heterocycles. The molecule has 0 aliphatic carbocycles. The maximum absolute atomic E-state index is 13.8. The van der Waals surface area contributed by atoms with Crippen LogP contribution >= 0.6 is 0 Å². The van der Waals surface area contributed by atoms with Gasteiger partial charge in [0, 0.05) is 23.9 Å². The highest BCUT2D eigenvalue weighted by Crippen LogP contribution is 2.32. The van der Waals surface area contributed by atoms with Crippen molar-refractivity contribution in [3.63, 3.8) is 0 Å². The molecule has 0 aliphatic heterocycles. The van der Waals surface area contributed by atoms with Crippen LogP contribution in [0.25, 0.3) is 10.9 Å². The van der Waals surface area contributed by atoms with Crippen LogP contribution in [-0.4, -0.2) is 90.4 Å². The fraction of sp³-hybridized carbons (Fsp3) is 0.226. The van der Waals surface area contributed by atoms with Crippen LogP contribution < -0.4 is 0 Å². The molecule has 13 heteroatoms. The van der Waals surface area contributed by atoms with Crippen molar-refractivity contribution in [3.05, 3.63) is 94.8 Å². The Bertz CT molecular complexity index is 1630. The Kier molecular flexibility index (Phi) is 11.3. The van der Waals surface area contributed by atoms with E-state index in [1.807, 2.05) is 62.6 Å². The molecule has 0 bridgehead atoms. The number of H-pyrrole nitrogens is 1. The maximum atomic E-state index is 13.8. The van der Waals surface area contributed by atoms with E-state index in [0.29, 0.717) is 34.3 Å². The van der Waals surface area contributed by atoms with E-state index in [4.69, 9.17) is 30.5 Å². The molecule has 232 valence electrons. The number of nitrogens with zero attached hydrogens (tertiary/aromatic N) is 2. The van der Waals surface area contributed by atoms with E-state index in [9.17, 15) is 23.9 Å². The van der Waals surface area contributed by atoms with Crippen LogP contribution in [0.15, 0.2) is 71.7 Å². The fourth-order valence-electron chi connectivity index (χ4n) is 4.18. The molecule has 7 N–H and O–H groups in total. The molecule has 2 unspecified atom stereocenters. The summed E-state index contributed by atoms with van der Waals surface area (Å²) in [4.78, 5) is 40.2. The number of hydrogen-bond donors (Lipinski definition) is 7. The third-order valence-corrected chi connectivity index (χ3v) is 6.31. The summed E-state index contributed by atoms with van der Waals surface area (Å²) < 4.78 is 13.8. The number of halogens is 1. The summed E-state index contributed by atoms with van der Waals surface area (Å²) in [6.45, 7) is 0.809. The third-order valence-electron chi connectivity index (χ3n) is 6.31. The van der Waals surface area contributed by atoms with Gasteiger partial charge in [0.2, 0.25) is 0 Å². The van der Waals surface area contributed by atoms with Crippen molar-refractivity contribution >= 4 is 40.2 Å². The summed E-state index contributed by atoms with van der Waals surface area (Å²) in [5.74, 6) is -4.89. The molecule has 0 radical (unpaired) electrons. The van der Waals surface area contributed by atoms with E-state index in [0.717, 1.165) is 23.2 Å². The first-order valence-electron chi connectivity index (χ1n) is 13.2. The molecule has 0 saturated carbocycles. The molecule has 4 rings (SSSR count). The minimum Gasteiger partial charge on any atom is -0.494 e. The molecule has 1 heterocycles. The Morgan fingerprint density at radius 1 is 0.864 bits per heavy atom. The highest BCUT2D eigenvalue weighted by atomic mass is 19.1. The summed E-state index contributed by atoms with van der Waals surface area (Å²) in [5.41, 5.74) is 4.98. The highest BCUT2D eigenvalue weighted by molar-refractivity contribution is 6.21. The number of carboxylic acids is 3. The molecular weight excluding hydrogens is 577 g/mol. The molecule has 44 heavy (non-hydrogen) atoms. The van der Waals surface area contributed by atoms with Crippen LogP contribution in [0.1, 0.15) is 28.7 Å². The number of aliphatic imine (C=N–C) groups is 1. The topological polar surface area (TPSA) is 204 Å². The lowest BCUT2D eigenvalue weighted by Crippen LogP contribution is -2.39. The SMILES string of the molecule is CN(C)Cc1ccc(N=C(c2ccc(CCC(=O)O)cc2)c2c(O)[nH]c3cc(F)ccc23)cc1.O=C(O)C(O)C(O)C(=O)O. The number of hydrogen-bond acceptors (Lipinski definition) is 8. The number of aromatic hydroxyl groups is 1. The number of aliphatic hydroxyl groups excluding tert-OH is 2. The van der Waals surface area contributed by atoms with E-state index < -0.39 is 35.9 Å². The first-order chi connectivity index (χ1) is 20.8. The molecule has 2 atom stereocenters. The molecular formula is C31H32FN3O9. The standard InChI is InChI=1S/C27H26FN3O3.C4H6O6/c1-31(2)16-18-5-11-21(12-6-18)29-26(19-8-3-17(4-9-19)7-14-24(32)33)25-22-13-10-20(28)15-23(22)30-27(25)34;5-1(3(7)8)2(6)4(9)10/h3-6,8-13,15,30,34H,7,14,16H2,1-2H3,(H,32,33);1-2,5-6H,(H,7,8)(H,9,10). The molecule has 4 aromatic rings.